The molecule has 342 valence electrons. The first-order chi connectivity index (χ1) is 31.6. The molecule has 3 saturated carbocycles. The molecule has 0 radical (unpaired) electrons. The van der Waals surface area contributed by atoms with E-state index in [4.69, 9.17) is 10.5 Å². The molecule has 5 N–H and O–H groups in total. The van der Waals surface area contributed by atoms with E-state index in [0.29, 0.717) is 91.2 Å². The summed E-state index contributed by atoms with van der Waals surface area (Å²) in [5, 5.41) is 32.4. The molecule has 7 atom stereocenters. The Labute approximate surface area is 379 Å². The number of nitrogens with two attached hydrogens (primary N) is 1. The summed E-state index contributed by atoms with van der Waals surface area (Å²) in [6, 6.07) is 20.9. The van der Waals surface area contributed by atoms with Crippen LogP contribution in [-0.2, 0) is 11.2 Å². The van der Waals surface area contributed by atoms with E-state index < -0.39 is 6.23 Å². The maximum absolute atomic E-state index is 15.4. The number of urea groups is 1. The number of aliphatic hydroxyl groups excluding tert-OH is 1. The van der Waals surface area contributed by atoms with Gasteiger partial charge in [-0.05, 0) is 116 Å². The fourth-order valence-corrected chi connectivity index (χ4v) is 13.1. The minimum atomic E-state index is -0.865. The summed E-state index contributed by atoms with van der Waals surface area (Å²) in [7, 11) is 1.94. The number of para-hydroxylation sites is 1. The highest BCUT2D eigenvalue weighted by Crippen LogP contribution is 2.67. The van der Waals surface area contributed by atoms with Crippen LogP contribution in [0.15, 0.2) is 66.7 Å². The molecule has 1 aromatic heterocycles. The van der Waals surface area contributed by atoms with Crippen LogP contribution in [0.25, 0.3) is 11.3 Å². The van der Waals surface area contributed by atoms with Crippen LogP contribution in [-0.4, -0.2) is 119 Å². The van der Waals surface area contributed by atoms with Crippen molar-refractivity contribution < 1.29 is 28.9 Å². The number of likely N-dealkylation sites (tertiary alicyclic amines) is 1. The Kier molecular flexibility index (Phi) is 10.9. The first-order valence-corrected chi connectivity index (χ1v) is 23.8. The van der Waals surface area contributed by atoms with Crippen molar-refractivity contribution in [3.63, 3.8) is 0 Å². The highest BCUT2D eigenvalue weighted by Gasteiger charge is 2.61. The maximum Gasteiger partial charge on any atom is 0.319 e. The molecule has 15 heteroatoms. The summed E-state index contributed by atoms with van der Waals surface area (Å²) in [5.74, 6) is 3.05. The zero-order valence-electron chi connectivity index (χ0n) is 37.1. The number of rotatable bonds is 8. The number of carbonyl (C=O) groups excluding carboxylic acids is 2. The average molecular weight is 886 g/mol. The Morgan fingerprint density at radius 3 is 2.45 bits per heavy atom. The van der Waals surface area contributed by atoms with Crippen LogP contribution in [0.2, 0.25) is 0 Å². The molecule has 6 heterocycles. The zero-order valence-corrected chi connectivity index (χ0v) is 37.1. The number of carbonyl (C=O) groups is 2. The van der Waals surface area contributed by atoms with Gasteiger partial charge in [0.2, 0.25) is 5.91 Å². The average Bonchev–Trinajstić information content (AvgIpc) is 3.98. The number of nitrogens with zero attached hydrogens (tertiary/aromatic N) is 7. The number of aliphatic hydroxyl groups is 1. The van der Waals surface area contributed by atoms with Gasteiger partial charge in [-0.1, -0.05) is 18.2 Å². The zero-order chi connectivity index (χ0) is 44.5. The lowest BCUT2D eigenvalue weighted by Gasteiger charge is -2.45. The highest BCUT2D eigenvalue weighted by atomic mass is 19.1. The normalized spacial score (nSPS) is 27.8. The lowest BCUT2D eigenvalue weighted by atomic mass is 9.59. The fraction of sp³-hybridized carbons (Fsp3) is 0.520. The van der Waals surface area contributed by atoms with Crippen LogP contribution in [0, 0.1) is 29.5 Å². The van der Waals surface area contributed by atoms with E-state index in [1.165, 1.54) is 17.3 Å². The van der Waals surface area contributed by atoms with E-state index in [2.05, 4.69) is 54.5 Å². The second kappa shape index (κ2) is 16.9. The molecule has 8 aliphatic rings. The van der Waals surface area contributed by atoms with Crippen molar-refractivity contribution in [1.82, 2.24) is 25.3 Å². The standard InChI is InChI=1S/C50H60FN9O5/c1-56(32-11-17-57(18-12-32)40-6-4-7-41-37(40)16-22-60(41)42-9-10-45(62)53-49(42)63)50(64)58-19-13-33(14-20-58)65-34-24-29(23-31(51)26-34)46-38-25-30-28-59(21-15-35(38)47(30)46)43-27-39(54-55-48(43)52)36-5-2-3-8-44(36)61/h2-8,23-24,26-27,30,32-33,35,38,42,46-47,49,61,63H,9-22,25,28H2,1H3,(H2,52,55)(H,53,62)/t30-,35+,38+,42+,46?,47?,49?/m0/s1. The number of benzene rings is 3. The Balaban J connectivity index is 0.675. The maximum atomic E-state index is 15.4. The Hall–Kier alpha value is -5.83. The van der Waals surface area contributed by atoms with E-state index in [-0.39, 0.29) is 41.7 Å². The number of hydrogen-bond donors (Lipinski definition) is 4. The predicted molar refractivity (Wildman–Crippen MR) is 246 cm³/mol. The molecule has 4 aromatic rings. The monoisotopic (exact) mass is 885 g/mol. The van der Waals surface area contributed by atoms with Crippen molar-refractivity contribution in [1.29, 1.82) is 0 Å². The van der Waals surface area contributed by atoms with Gasteiger partial charge in [0.25, 0.3) is 0 Å². The van der Waals surface area contributed by atoms with E-state index >= 15 is 4.39 Å². The molecule has 5 aliphatic heterocycles. The van der Waals surface area contributed by atoms with Gasteiger partial charge < -0.3 is 50.5 Å². The molecule has 0 spiro atoms. The second-order valence-corrected chi connectivity index (χ2v) is 19.7. The molecular formula is C50H60FN9O5. The molecule has 3 amide bonds. The molecular weight excluding hydrogens is 826 g/mol. The number of anilines is 4. The van der Waals surface area contributed by atoms with Gasteiger partial charge in [0.05, 0.1) is 17.4 Å². The van der Waals surface area contributed by atoms with Crippen molar-refractivity contribution >= 4 is 34.8 Å². The lowest BCUT2D eigenvalue weighted by molar-refractivity contribution is -0.127. The molecule has 3 unspecified atom stereocenters. The summed E-state index contributed by atoms with van der Waals surface area (Å²) in [6.07, 6.45) is 6.28. The van der Waals surface area contributed by atoms with Crippen molar-refractivity contribution in [2.45, 2.75) is 88.1 Å². The molecule has 3 aromatic carbocycles. The summed E-state index contributed by atoms with van der Waals surface area (Å²) < 4.78 is 21.9. The third-order valence-corrected chi connectivity index (χ3v) is 16.3. The van der Waals surface area contributed by atoms with Crippen LogP contribution in [0.3, 0.4) is 0 Å². The Bertz CT molecular complexity index is 2460. The van der Waals surface area contributed by atoms with Crippen molar-refractivity contribution in [3.05, 3.63) is 83.7 Å². The minimum Gasteiger partial charge on any atom is -0.507 e. The van der Waals surface area contributed by atoms with Gasteiger partial charge in [-0.15, -0.1) is 10.2 Å². The number of nitrogens with one attached hydrogen (secondary N) is 1. The Morgan fingerprint density at radius 1 is 0.862 bits per heavy atom. The lowest BCUT2D eigenvalue weighted by Crippen LogP contribution is -2.55. The first kappa shape index (κ1) is 41.8. The SMILES string of the molecule is CN(C(=O)N1CCC(Oc2cc(F)cc(C3C4[C@H]5C[C@@H]3[C@H]4CCN(c3cc(-c4ccccc4O)nnc3N)C5)c2)CC1)C1CCN(c2cccc3c2CCN3[C@@H]2CCC(=O)NC2O)CC1. The molecule has 14 nitrogen and oxygen atoms in total. The van der Waals surface area contributed by atoms with Gasteiger partial charge in [-0.25, -0.2) is 9.18 Å². The third-order valence-electron chi connectivity index (χ3n) is 16.3. The molecule has 3 aliphatic carbocycles. The van der Waals surface area contributed by atoms with E-state index in [1.54, 1.807) is 18.2 Å². The van der Waals surface area contributed by atoms with E-state index in [9.17, 15) is 19.8 Å². The quantitative estimate of drug-likeness (QED) is 0.165. The Morgan fingerprint density at radius 2 is 1.65 bits per heavy atom. The van der Waals surface area contributed by atoms with E-state index in [0.717, 1.165) is 81.8 Å². The number of hydrogen-bond acceptors (Lipinski definition) is 11. The number of halogens is 1. The summed E-state index contributed by atoms with van der Waals surface area (Å²) in [5.41, 5.74) is 13.2. The van der Waals surface area contributed by atoms with Gasteiger partial charge in [0.15, 0.2) is 5.82 Å². The van der Waals surface area contributed by atoms with Crippen molar-refractivity contribution in [2.24, 2.45) is 23.7 Å². The largest absolute Gasteiger partial charge is 0.507 e. The molecule has 4 saturated heterocycles. The van der Waals surface area contributed by atoms with Crippen molar-refractivity contribution in [3.8, 4) is 22.8 Å². The highest BCUT2D eigenvalue weighted by molar-refractivity contribution is 5.78. The number of piperidine rings is 3. The minimum absolute atomic E-state index is 0.0589. The molecule has 65 heavy (non-hydrogen) atoms. The summed E-state index contributed by atoms with van der Waals surface area (Å²) in [4.78, 5) is 36.6. The van der Waals surface area contributed by atoms with Crippen LogP contribution in [0.1, 0.15) is 68.4 Å². The van der Waals surface area contributed by atoms with Crippen LogP contribution >= 0.6 is 0 Å². The van der Waals surface area contributed by atoms with Crippen LogP contribution in [0.5, 0.6) is 11.5 Å². The van der Waals surface area contributed by atoms with Gasteiger partial charge in [0.1, 0.15) is 29.6 Å². The number of aromatic hydroxyl groups is 1. The number of fused-ring (bicyclic) bond motifs is 1. The number of aromatic nitrogens is 2. The predicted octanol–water partition coefficient (Wildman–Crippen LogP) is 5.97. The number of phenolic OH excluding ortho intramolecular Hbond substituents is 1. The number of phenols is 1. The van der Waals surface area contributed by atoms with Crippen molar-refractivity contribution in [2.75, 3.05) is 73.3 Å². The van der Waals surface area contributed by atoms with Gasteiger partial charge in [0, 0.05) is 107 Å². The van der Waals surface area contributed by atoms with E-state index in [1.807, 2.05) is 35.0 Å². The molecule has 7 fully saturated rings. The number of amides is 3. The smallest absolute Gasteiger partial charge is 0.319 e. The summed E-state index contributed by atoms with van der Waals surface area (Å²) in [6.45, 7) is 5.43. The topological polar surface area (TPSA) is 164 Å². The number of ether oxygens (including phenoxy) is 1. The number of nitrogen functional groups attached to an aromatic ring is 1. The van der Waals surface area contributed by atoms with Crippen LogP contribution < -0.4 is 30.5 Å². The first-order valence-electron chi connectivity index (χ1n) is 23.8. The molecule has 12 rings (SSSR count). The van der Waals surface area contributed by atoms with Gasteiger partial charge in [-0.3, -0.25) is 4.79 Å². The summed E-state index contributed by atoms with van der Waals surface area (Å²) >= 11 is 0. The fourth-order valence-electron chi connectivity index (χ4n) is 13.1. The second-order valence-electron chi connectivity index (χ2n) is 19.7. The van der Waals surface area contributed by atoms with Gasteiger partial charge >= 0.3 is 6.03 Å². The molecule has 4 bridgehead atoms. The van der Waals surface area contributed by atoms with Crippen LogP contribution in [0.4, 0.5) is 32.1 Å². The van der Waals surface area contributed by atoms with Gasteiger partial charge in [-0.2, -0.15) is 0 Å². The third kappa shape index (κ3) is 7.62.